The monoisotopic (exact) mass is 398 g/mol. The van der Waals surface area contributed by atoms with E-state index in [1.54, 1.807) is 16.8 Å². The van der Waals surface area contributed by atoms with Crippen LogP contribution >= 0.6 is 0 Å². The molecule has 1 aromatic heterocycles. The Balaban J connectivity index is 1.72. The van der Waals surface area contributed by atoms with E-state index in [4.69, 9.17) is 0 Å². The highest BCUT2D eigenvalue weighted by Crippen LogP contribution is 2.28. The minimum Gasteiger partial charge on any atom is -0.318 e. The highest BCUT2D eigenvalue weighted by atomic mass is 19.1. The molecule has 0 fully saturated rings. The maximum absolute atomic E-state index is 14.1. The number of fused-ring (bicyclic) bond motifs is 1. The van der Waals surface area contributed by atoms with Crippen molar-refractivity contribution in [2.45, 2.75) is 25.7 Å². The number of nitro groups is 1. The lowest BCUT2D eigenvalue weighted by molar-refractivity contribution is -0.384. The van der Waals surface area contributed by atoms with Gasteiger partial charge in [-0.25, -0.2) is 13.5 Å². The van der Waals surface area contributed by atoms with Gasteiger partial charge in [0, 0.05) is 23.4 Å². The predicted molar refractivity (Wildman–Crippen MR) is 101 cm³/mol. The van der Waals surface area contributed by atoms with Crippen LogP contribution in [0.2, 0.25) is 0 Å². The Morgan fingerprint density at radius 2 is 1.83 bits per heavy atom. The van der Waals surface area contributed by atoms with Gasteiger partial charge >= 0.3 is 0 Å². The number of nitro benzene ring substituents is 1. The Kier molecular flexibility index (Phi) is 4.79. The van der Waals surface area contributed by atoms with Crippen molar-refractivity contribution in [3.63, 3.8) is 0 Å². The van der Waals surface area contributed by atoms with Crippen LogP contribution < -0.4 is 5.32 Å². The fourth-order valence-electron chi connectivity index (χ4n) is 3.48. The molecule has 9 heteroatoms. The van der Waals surface area contributed by atoms with Gasteiger partial charge < -0.3 is 5.32 Å². The van der Waals surface area contributed by atoms with E-state index in [2.05, 4.69) is 10.4 Å². The summed E-state index contributed by atoms with van der Waals surface area (Å²) in [7, 11) is 0. The highest BCUT2D eigenvalue weighted by molar-refractivity contribution is 6.04. The number of rotatable bonds is 4. The van der Waals surface area contributed by atoms with Crippen molar-refractivity contribution < 1.29 is 18.5 Å². The maximum atomic E-state index is 14.1. The summed E-state index contributed by atoms with van der Waals surface area (Å²) in [5.41, 5.74) is 1.74. The smallest absolute Gasteiger partial charge is 0.276 e. The topological polar surface area (TPSA) is 90.1 Å². The lowest BCUT2D eigenvalue weighted by Gasteiger charge is -2.14. The van der Waals surface area contributed by atoms with Crippen molar-refractivity contribution in [2.75, 3.05) is 5.32 Å². The molecule has 1 aliphatic rings. The van der Waals surface area contributed by atoms with Crippen molar-refractivity contribution >= 4 is 17.3 Å². The normalized spacial score (nSPS) is 13.0. The molecule has 0 bridgehead atoms. The molecule has 7 nitrogen and oxygen atoms in total. The number of carbonyl (C=O) groups is 1. The van der Waals surface area contributed by atoms with Crippen molar-refractivity contribution in [3.05, 3.63) is 81.2 Å². The summed E-state index contributed by atoms with van der Waals surface area (Å²) in [6.07, 6.45) is 3.16. The molecule has 0 radical (unpaired) electrons. The summed E-state index contributed by atoms with van der Waals surface area (Å²) in [5.74, 6) is -1.81. The molecule has 1 heterocycles. The van der Waals surface area contributed by atoms with Crippen LogP contribution in [0, 0.1) is 21.7 Å². The summed E-state index contributed by atoms with van der Waals surface area (Å²) < 4.78 is 28.9. The number of anilines is 1. The van der Waals surface area contributed by atoms with Crippen LogP contribution in [0.25, 0.3) is 5.69 Å². The number of benzene rings is 2. The van der Waals surface area contributed by atoms with Gasteiger partial charge in [0.15, 0.2) is 5.69 Å². The lowest BCUT2D eigenvalue weighted by Crippen LogP contribution is -2.16. The van der Waals surface area contributed by atoms with E-state index < -0.39 is 16.6 Å². The number of aromatic nitrogens is 2. The molecule has 0 unspecified atom stereocenters. The first-order chi connectivity index (χ1) is 13.9. The largest absolute Gasteiger partial charge is 0.318 e. The second kappa shape index (κ2) is 7.42. The SMILES string of the molecule is O=C(Nc1cc([N+](=O)[O-])ccc1F)c1nn(-c2ccc(F)cc2)c2c1CCCC2. The molecule has 4 rings (SSSR count). The van der Waals surface area contributed by atoms with Gasteiger partial charge in [0.2, 0.25) is 0 Å². The van der Waals surface area contributed by atoms with E-state index >= 15 is 0 Å². The van der Waals surface area contributed by atoms with Crippen LogP contribution in [0.4, 0.5) is 20.2 Å². The van der Waals surface area contributed by atoms with E-state index in [1.165, 1.54) is 12.1 Å². The molecule has 2 aromatic carbocycles. The first kappa shape index (κ1) is 18.7. The fraction of sp³-hybridized carbons (Fsp3) is 0.200. The van der Waals surface area contributed by atoms with Gasteiger partial charge in [-0.1, -0.05) is 0 Å². The molecule has 29 heavy (non-hydrogen) atoms. The molecule has 1 aliphatic carbocycles. The number of nitrogens with zero attached hydrogens (tertiary/aromatic N) is 3. The van der Waals surface area contributed by atoms with Gasteiger partial charge in [0.05, 0.1) is 16.3 Å². The first-order valence-corrected chi connectivity index (χ1v) is 9.06. The molecule has 0 saturated carbocycles. The second-order valence-electron chi connectivity index (χ2n) is 6.74. The zero-order chi connectivity index (χ0) is 20.5. The van der Waals surface area contributed by atoms with Crippen molar-refractivity contribution in [1.29, 1.82) is 0 Å². The molecule has 0 aliphatic heterocycles. The number of amides is 1. The van der Waals surface area contributed by atoms with Gasteiger partial charge in [0.25, 0.3) is 11.6 Å². The average Bonchev–Trinajstić information content (AvgIpc) is 3.10. The third-order valence-corrected chi connectivity index (χ3v) is 4.88. The van der Waals surface area contributed by atoms with Gasteiger partial charge in [-0.2, -0.15) is 5.10 Å². The number of halogens is 2. The summed E-state index contributed by atoms with van der Waals surface area (Å²) in [6.45, 7) is 0. The van der Waals surface area contributed by atoms with E-state index in [-0.39, 0.29) is 22.9 Å². The molecule has 0 spiro atoms. The fourth-order valence-corrected chi connectivity index (χ4v) is 3.48. The zero-order valence-electron chi connectivity index (χ0n) is 15.2. The summed E-state index contributed by atoms with van der Waals surface area (Å²) in [4.78, 5) is 23.1. The van der Waals surface area contributed by atoms with Gasteiger partial charge in [-0.3, -0.25) is 14.9 Å². The molecule has 0 saturated heterocycles. The number of carbonyl (C=O) groups excluding carboxylic acids is 1. The van der Waals surface area contributed by atoms with Crippen LogP contribution in [0.1, 0.15) is 34.6 Å². The molecule has 0 atom stereocenters. The number of nitrogens with one attached hydrogen (secondary N) is 1. The molecular formula is C20H16F2N4O3. The van der Waals surface area contributed by atoms with Crippen molar-refractivity contribution in [2.24, 2.45) is 0 Å². The Bertz CT molecular complexity index is 1110. The highest BCUT2D eigenvalue weighted by Gasteiger charge is 2.26. The molecule has 148 valence electrons. The van der Waals surface area contributed by atoms with Crippen LogP contribution in [0.5, 0.6) is 0 Å². The zero-order valence-corrected chi connectivity index (χ0v) is 15.2. The average molecular weight is 398 g/mol. The van der Waals surface area contributed by atoms with Gasteiger partial charge in [-0.05, 0) is 56.0 Å². The van der Waals surface area contributed by atoms with Crippen LogP contribution in [0.3, 0.4) is 0 Å². The standard InChI is InChI=1S/C20H16F2N4O3/c21-12-5-7-13(8-6-12)25-18-4-2-1-3-15(18)19(24-25)20(27)23-17-11-14(26(28)29)9-10-16(17)22/h5-11H,1-4H2,(H,23,27). The van der Waals surface area contributed by atoms with Crippen LogP contribution in [-0.2, 0) is 12.8 Å². The van der Waals surface area contributed by atoms with Gasteiger partial charge in [-0.15, -0.1) is 0 Å². The summed E-state index contributed by atoms with van der Waals surface area (Å²) >= 11 is 0. The number of hydrogen-bond acceptors (Lipinski definition) is 4. The summed E-state index contributed by atoms with van der Waals surface area (Å²) in [5, 5.41) is 17.7. The van der Waals surface area contributed by atoms with E-state index in [9.17, 15) is 23.7 Å². The molecule has 1 N–H and O–H groups in total. The number of hydrogen-bond donors (Lipinski definition) is 1. The Hall–Kier alpha value is -3.62. The Morgan fingerprint density at radius 1 is 1.10 bits per heavy atom. The second-order valence-corrected chi connectivity index (χ2v) is 6.74. The number of non-ortho nitro benzene ring substituents is 1. The lowest BCUT2D eigenvalue weighted by atomic mass is 9.95. The minimum absolute atomic E-state index is 0.134. The van der Waals surface area contributed by atoms with E-state index in [0.717, 1.165) is 42.3 Å². The Morgan fingerprint density at radius 3 is 2.55 bits per heavy atom. The van der Waals surface area contributed by atoms with Gasteiger partial charge in [0.1, 0.15) is 11.6 Å². The predicted octanol–water partition coefficient (Wildman–Crippen LogP) is 4.19. The Labute approximate surface area is 164 Å². The van der Waals surface area contributed by atoms with Crippen LogP contribution in [0.15, 0.2) is 42.5 Å². The maximum Gasteiger partial charge on any atom is 0.276 e. The van der Waals surface area contributed by atoms with E-state index in [1.807, 2.05) is 0 Å². The van der Waals surface area contributed by atoms with Crippen molar-refractivity contribution in [3.8, 4) is 5.69 Å². The van der Waals surface area contributed by atoms with Crippen LogP contribution in [-0.4, -0.2) is 20.6 Å². The van der Waals surface area contributed by atoms with E-state index in [0.29, 0.717) is 18.5 Å². The quantitative estimate of drug-likeness (QED) is 0.527. The summed E-state index contributed by atoms with van der Waals surface area (Å²) in [6, 6.07) is 8.68. The third-order valence-electron chi connectivity index (χ3n) is 4.88. The first-order valence-electron chi connectivity index (χ1n) is 9.06. The minimum atomic E-state index is -0.782. The van der Waals surface area contributed by atoms with Crippen molar-refractivity contribution in [1.82, 2.24) is 9.78 Å². The third kappa shape index (κ3) is 3.58. The molecule has 1 amide bonds. The molecule has 3 aromatic rings. The molecular weight excluding hydrogens is 382 g/mol.